The first kappa shape index (κ1) is 16.6. The van der Waals surface area contributed by atoms with Crippen molar-refractivity contribution in [3.8, 4) is 10.6 Å². The van der Waals surface area contributed by atoms with Gasteiger partial charge in [-0.15, -0.1) is 11.3 Å². The highest BCUT2D eigenvalue weighted by Gasteiger charge is 2.16. The monoisotopic (exact) mass is 390 g/mol. The lowest BCUT2D eigenvalue weighted by Crippen LogP contribution is -2.29. The SMILES string of the molecule is C1=c2ccc3sc(-c4ccccc4)nc3c2=CCC1c1nccc2ccccc12. The van der Waals surface area contributed by atoms with E-state index in [-0.39, 0.29) is 0 Å². The van der Waals surface area contributed by atoms with E-state index in [4.69, 9.17) is 9.97 Å². The van der Waals surface area contributed by atoms with Crippen LogP contribution in [0.4, 0.5) is 0 Å². The molecular weight excluding hydrogens is 372 g/mol. The fraction of sp³-hybridized carbons (Fsp3) is 0.0769. The number of hydrogen-bond acceptors (Lipinski definition) is 3. The molecule has 1 unspecified atom stereocenters. The summed E-state index contributed by atoms with van der Waals surface area (Å²) in [6, 6.07) is 25.5. The lowest BCUT2D eigenvalue weighted by atomic mass is 9.91. The van der Waals surface area contributed by atoms with Gasteiger partial charge in [0.05, 0.1) is 15.9 Å². The van der Waals surface area contributed by atoms with E-state index in [9.17, 15) is 0 Å². The Labute approximate surface area is 172 Å². The summed E-state index contributed by atoms with van der Waals surface area (Å²) in [6.45, 7) is 0. The van der Waals surface area contributed by atoms with Crippen molar-refractivity contribution in [1.82, 2.24) is 9.97 Å². The van der Waals surface area contributed by atoms with E-state index < -0.39 is 0 Å². The van der Waals surface area contributed by atoms with Crippen molar-refractivity contribution < 1.29 is 0 Å². The van der Waals surface area contributed by atoms with Gasteiger partial charge in [-0.05, 0) is 29.2 Å². The van der Waals surface area contributed by atoms with Gasteiger partial charge >= 0.3 is 0 Å². The van der Waals surface area contributed by atoms with Crippen LogP contribution in [0.15, 0.2) is 79.0 Å². The van der Waals surface area contributed by atoms with Gasteiger partial charge < -0.3 is 0 Å². The van der Waals surface area contributed by atoms with Crippen LogP contribution in [0.3, 0.4) is 0 Å². The van der Waals surface area contributed by atoms with Crippen molar-refractivity contribution in [3.63, 3.8) is 0 Å². The third kappa shape index (κ3) is 2.78. The van der Waals surface area contributed by atoms with Crippen LogP contribution in [0.2, 0.25) is 0 Å². The van der Waals surface area contributed by atoms with E-state index in [1.54, 1.807) is 11.3 Å². The fourth-order valence-electron chi connectivity index (χ4n) is 4.25. The minimum atomic E-state index is 0.290. The highest BCUT2D eigenvalue weighted by atomic mass is 32.1. The van der Waals surface area contributed by atoms with Gasteiger partial charge in [0.2, 0.25) is 0 Å². The maximum absolute atomic E-state index is 5.00. The molecular formula is C26H18N2S. The van der Waals surface area contributed by atoms with Crippen LogP contribution in [0.5, 0.6) is 0 Å². The summed E-state index contributed by atoms with van der Waals surface area (Å²) < 4.78 is 1.24. The number of hydrogen-bond donors (Lipinski definition) is 0. The molecule has 0 saturated carbocycles. The van der Waals surface area contributed by atoms with Crippen LogP contribution >= 0.6 is 11.3 Å². The van der Waals surface area contributed by atoms with Crippen molar-refractivity contribution in [2.75, 3.05) is 0 Å². The first-order chi connectivity index (χ1) is 14.4. The molecule has 1 aliphatic rings. The summed E-state index contributed by atoms with van der Waals surface area (Å²) in [5, 5.41) is 6.10. The normalized spacial score (nSPS) is 15.7. The minimum Gasteiger partial charge on any atom is -0.260 e. The smallest absolute Gasteiger partial charge is 0.124 e. The number of rotatable bonds is 2. The average molecular weight is 391 g/mol. The van der Waals surface area contributed by atoms with Crippen LogP contribution in [-0.2, 0) is 0 Å². The Morgan fingerprint density at radius 1 is 0.862 bits per heavy atom. The standard InChI is InChI=1S/C26H18N2S/c1-2-7-18(8-3-1)26-28-25-22-12-10-20(16-19(22)11-13-23(25)29-26)24-21-9-5-4-6-17(21)14-15-27-24/h1-9,11-16,20H,10H2. The zero-order valence-electron chi connectivity index (χ0n) is 15.7. The number of aromatic nitrogens is 2. The zero-order chi connectivity index (χ0) is 19.2. The van der Waals surface area contributed by atoms with Crippen LogP contribution < -0.4 is 10.4 Å². The predicted octanol–water partition coefficient (Wildman–Crippen LogP) is 5.26. The van der Waals surface area contributed by atoms with Gasteiger partial charge in [0.15, 0.2) is 0 Å². The highest BCUT2D eigenvalue weighted by Crippen LogP contribution is 2.30. The second kappa shape index (κ2) is 6.64. The molecule has 6 rings (SSSR count). The van der Waals surface area contributed by atoms with Crippen LogP contribution in [-0.4, -0.2) is 9.97 Å². The summed E-state index contributed by atoms with van der Waals surface area (Å²) in [5.41, 5.74) is 3.46. The molecule has 138 valence electrons. The molecule has 0 saturated heterocycles. The van der Waals surface area contributed by atoms with Gasteiger partial charge in [0.1, 0.15) is 5.01 Å². The molecule has 2 nitrogen and oxygen atoms in total. The van der Waals surface area contributed by atoms with Gasteiger partial charge in [-0.1, -0.05) is 72.8 Å². The van der Waals surface area contributed by atoms with E-state index in [1.807, 2.05) is 12.3 Å². The van der Waals surface area contributed by atoms with Crippen LogP contribution in [0, 0.1) is 0 Å². The molecule has 2 heterocycles. The molecule has 0 fully saturated rings. The molecule has 0 radical (unpaired) electrons. The second-order valence-electron chi connectivity index (χ2n) is 7.43. The topological polar surface area (TPSA) is 25.8 Å². The summed E-state index contributed by atoms with van der Waals surface area (Å²) >= 11 is 1.76. The van der Waals surface area contributed by atoms with Crippen LogP contribution in [0.1, 0.15) is 18.0 Å². The van der Waals surface area contributed by atoms with E-state index in [2.05, 4.69) is 78.9 Å². The maximum atomic E-state index is 5.00. The van der Waals surface area contributed by atoms with E-state index in [1.165, 1.54) is 31.5 Å². The first-order valence-electron chi connectivity index (χ1n) is 9.87. The Bertz CT molecular complexity index is 1480. The van der Waals surface area contributed by atoms with Gasteiger partial charge in [0, 0.05) is 28.3 Å². The Hall–Kier alpha value is -3.30. The molecule has 3 aromatic carbocycles. The number of pyridine rings is 1. The summed E-state index contributed by atoms with van der Waals surface area (Å²) in [7, 11) is 0. The number of fused-ring (bicyclic) bond motifs is 4. The lowest BCUT2D eigenvalue weighted by molar-refractivity contribution is 0.887. The first-order valence-corrected chi connectivity index (χ1v) is 10.7. The van der Waals surface area contributed by atoms with E-state index in [0.717, 1.165) is 22.6 Å². The van der Waals surface area contributed by atoms with Gasteiger partial charge in [-0.3, -0.25) is 4.98 Å². The van der Waals surface area contributed by atoms with Crippen molar-refractivity contribution in [1.29, 1.82) is 0 Å². The molecule has 1 aliphatic carbocycles. The van der Waals surface area contributed by atoms with Crippen molar-refractivity contribution in [2.45, 2.75) is 12.3 Å². The molecule has 1 atom stereocenters. The van der Waals surface area contributed by atoms with E-state index in [0.29, 0.717) is 5.92 Å². The molecule has 0 aliphatic heterocycles. The minimum absolute atomic E-state index is 0.290. The quantitative estimate of drug-likeness (QED) is 0.411. The largest absolute Gasteiger partial charge is 0.260 e. The lowest BCUT2D eigenvalue weighted by Gasteiger charge is -2.16. The van der Waals surface area contributed by atoms with Gasteiger partial charge in [0.25, 0.3) is 0 Å². The van der Waals surface area contributed by atoms with Crippen molar-refractivity contribution >= 4 is 44.5 Å². The Balaban J connectivity index is 1.50. The molecule has 0 spiro atoms. The third-order valence-corrected chi connectivity index (χ3v) is 6.74. The Morgan fingerprint density at radius 3 is 2.66 bits per heavy atom. The summed E-state index contributed by atoms with van der Waals surface area (Å²) in [6.07, 6.45) is 7.59. The number of thiazole rings is 1. The van der Waals surface area contributed by atoms with Crippen molar-refractivity contribution in [3.05, 3.63) is 95.1 Å². The van der Waals surface area contributed by atoms with E-state index >= 15 is 0 Å². The van der Waals surface area contributed by atoms with Crippen LogP contribution in [0.25, 0.3) is 43.7 Å². The predicted molar refractivity (Wildman–Crippen MR) is 122 cm³/mol. The molecule has 5 aromatic rings. The molecule has 29 heavy (non-hydrogen) atoms. The molecule has 0 N–H and O–H groups in total. The summed E-state index contributed by atoms with van der Waals surface area (Å²) in [5.74, 6) is 0.290. The molecule has 0 bridgehead atoms. The zero-order valence-corrected chi connectivity index (χ0v) is 16.6. The summed E-state index contributed by atoms with van der Waals surface area (Å²) in [4.78, 5) is 9.74. The third-order valence-electron chi connectivity index (χ3n) is 5.67. The Kier molecular flexibility index (Phi) is 3.81. The maximum Gasteiger partial charge on any atom is 0.124 e. The van der Waals surface area contributed by atoms with Gasteiger partial charge in [-0.25, -0.2) is 4.98 Å². The highest BCUT2D eigenvalue weighted by molar-refractivity contribution is 7.21. The fourth-order valence-corrected chi connectivity index (χ4v) is 5.24. The van der Waals surface area contributed by atoms with Crippen molar-refractivity contribution in [2.24, 2.45) is 0 Å². The average Bonchev–Trinajstić information content (AvgIpc) is 3.24. The second-order valence-corrected chi connectivity index (χ2v) is 8.46. The Morgan fingerprint density at radius 2 is 1.72 bits per heavy atom. The molecule has 2 aromatic heterocycles. The molecule has 3 heteroatoms. The number of benzene rings is 3. The van der Waals surface area contributed by atoms with Gasteiger partial charge in [-0.2, -0.15) is 0 Å². The number of nitrogens with zero attached hydrogens (tertiary/aromatic N) is 2. The molecule has 0 amide bonds.